The molecule has 4 rings (SSSR count). The quantitative estimate of drug-likeness (QED) is 0.336. The van der Waals surface area contributed by atoms with E-state index in [-0.39, 0.29) is 23.5 Å². The van der Waals surface area contributed by atoms with Gasteiger partial charge in [0.15, 0.2) is 0 Å². The molecule has 0 radical (unpaired) electrons. The Morgan fingerprint density at radius 1 is 0.972 bits per heavy atom. The molecular formula is C32H50O4. The first-order valence-electron chi connectivity index (χ1n) is 14.6. The van der Waals surface area contributed by atoms with Crippen molar-refractivity contribution in [2.75, 3.05) is 0 Å². The van der Waals surface area contributed by atoms with E-state index >= 15 is 0 Å². The Hall–Kier alpha value is -1.58. The van der Waals surface area contributed by atoms with Gasteiger partial charge >= 0.3 is 11.9 Å². The predicted molar refractivity (Wildman–Crippen MR) is 144 cm³/mol. The van der Waals surface area contributed by atoms with Gasteiger partial charge in [0.1, 0.15) is 11.7 Å². The lowest BCUT2D eigenvalue weighted by Crippen LogP contribution is -2.58. The lowest BCUT2D eigenvalue weighted by molar-refractivity contribution is -0.190. The van der Waals surface area contributed by atoms with E-state index in [1.807, 2.05) is 0 Å². The van der Waals surface area contributed by atoms with Gasteiger partial charge in [-0.2, -0.15) is 0 Å². The average Bonchev–Trinajstić information content (AvgIpc) is 3.14. The molecule has 0 aromatic rings. The maximum atomic E-state index is 12.3. The van der Waals surface area contributed by atoms with Crippen LogP contribution in [0.15, 0.2) is 23.3 Å². The summed E-state index contributed by atoms with van der Waals surface area (Å²) in [7, 11) is 0. The Balaban J connectivity index is 1.61. The summed E-state index contributed by atoms with van der Waals surface area (Å²) in [6, 6.07) is 0. The first kappa shape index (κ1) is 27.5. The second kappa shape index (κ2) is 9.95. The van der Waals surface area contributed by atoms with Crippen LogP contribution in [0.3, 0.4) is 0 Å². The van der Waals surface area contributed by atoms with Crippen LogP contribution in [0.5, 0.6) is 0 Å². The monoisotopic (exact) mass is 498 g/mol. The summed E-state index contributed by atoms with van der Waals surface area (Å²) in [5.74, 6) is 3.14. The molecule has 0 aliphatic heterocycles. The number of carbonyl (C=O) groups is 2. The summed E-state index contributed by atoms with van der Waals surface area (Å²) in [6.07, 6.45) is 14.1. The van der Waals surface area contributed by atoms with Crippen molar-refractivity contribution in [1.82, 2.24) is 0 Å². The molecule has 0 heterocycles. The highest BCUT2D eigenvalue weighted by molar-refractivity contribution is 5.68. The number of ether oxygens (including phenoxy) is 2. The maximum Gasteiger partial charge on any atom is 0.303 e. The van der Waals surface area contributed by atoms with Crippen molar-refractivity contribution in [3.63, 3.8) is 0 Å². The second-order valence-corrected chi connectivity index (χ2v) is 13.6. The van der Waals surface area contributed by atoms with Crippen LogP contribution in [-0.2, 0) is 19.1 Å². The van der Waals surface area contributed by atoms with Crippen molar-refractivity contribution in [3.8, 4) is 0 Å². The molecule has 0 unspecified atom stereocenters. The van der Waals surface area contributed by atoms with Gasteiger partial charge in [-0.05, 0) is 78.3 Å². The lowest BCUT2D eigenvalue weighted by Gasteiger charge is -2.58. The Kier molecular flexibility index (Phi) is 7.59. The number of allylic oxidation sites excluding steroid dienone is 2. The van der Waals surface area contributed by atoms with Crippen LogP contribution in [0.1, 0.15) is 113 Å². The van der Waals surface area contributed by atoms with Crippen molar-refractivity contribution in [2.45, 2.75) is 125 Å². The molecular weight excluding hydrogens is 448 g/mol. The smallest absolute Gasteiger partial charge is 0.303 e. The van der Waals surface area contributed by atoms with Gasteiger partial charge in [-0.15, -0.1) is 0 Å². The summed E-state index contributed by atoms with van der Waals surface area (Å²) < 4.78 is 11.8. The van der Waals surface area contributed by atoms with Crippen molar-refractivity contribution >= 4 is 11.9 Å². The van der Waals surface area contributed by atoms with E-state index in [1.165, 1.54) is 50.7 Å². The highest BCUT2D eigenvalue weighted by Crippen LogP contribution is 2.66. The first-order valence-corrected chi connectivity index (χ1v) is 14.6. The maximum absolute atomic E-state index is 12.3. The molecule has 202 valence electrons. The summed E-state index contributed by atoms with van der Waals surface area (Å²) in [6.45, 7) is 17.5. The fourth-order valence-electron chi connectivity index (χ4n) is 8.63. The number of carbonyl (C=O) groups excluding carboxylic acids is 2. The average molecular weight is 499 g/mol. The van der Waals surface area contributed by atoms with Gasteiger partial charge in [-0.1, -0.05) is 66.5 Å². The lowest BCUT2D eigenvalue weighted by atomic mass is 9.50. The Bertz CT molecular complexity index is 930. The molecule has 36 heavy (non-hydrogen) atoms. The Labute approximate surface area is 219 Å². The van der Waals surface area contributed by atoms with Crippen LogP contribution in [0.25, 0.3) is 0 Å². The summed E-state index contributed by atoms with van der Waals surface area (Å²) >= 11 is 0. The van der Waals surface area contributed by atoms with Crippen LogP contribution in [0, 0.1) is 40.4 Å². The largest absolute Gasteiger partial charge is 0.462 e. The number of rotatable bonds is 7. The zero-order valence-corrected chi connectivity index (χ0v) is 24.1. The molecule has 4 heteroatoms. The topological polar surface area (TPSA) is 52.6 Å². The van der Waals surface area contributed by atoms with Gasteiger partial charge in [0.2, 0.25) is 0 Å². The van der Waals surface area contributed by atoms with Gasteiger partial charge < -0.3 is 9.47 Å². The minimum atomic E-state index is -0.640. The van der Waals surface area contributed by atoms with E-state index in [0.717, 1.165) is 42.9 Å². The van der Waals surface area contributed by atoms with Crippen LogP contribution < -0.4 is 0 Å². The summed E-state index contributed by atoms with van der Waals surface area (Å²) in [4.78, 5) is 24.0. The minimum Gasteiger partial charge on any atom is -0.462 e. The second-order valence-electron chi connectivity index (χ2n) is 13.6. The fraction of sp³-hybridized carbons (Fsp3) is 0.812. The van der Waals surface area contributed by atoms with Crippen molar-refractivity contribution in [2.24, 2.45) is 40.4 Å². The van der Waals surface area contributed by atoms with E-state index in [1.54, 1.807) is 0 Å². The number of hydrogen-bond acceptors (Lipinski definition) is 4. The SMILES string of the molecule is CC(=O)O[C@@H]1CC[C@]2(C)C3=CC[C@]4(C)[C@@H](CC[C@H]4[C@H](C)CC[C@H](C)C(C)C)C3=CC[C@@]2(OC(C)=O)C1. The molecule has 2 saturated carbocycles. The van der Waals surface area contributed by atoms with E-state index in [4.69, 9.17) is 9.47 Å². The third-order valence-corrected chi connectivity index (χ3v) is 11.2. The minimum absolute atomic E-state index is 0.190. The molecule has 0 N–H and O–H groups in total. The van der Waals surface area contributed by atoms with E-state index in [0.29, 0.717) is 24.2 Å². The Morgan fingerprint density at radius 2 is 1.69 bits per heavy atom. The molecule has 0 aromatic carbocycles. The van der Waals surface area contributed by atoms with Crippen molar-refractivity contribution < 1.29 is 19.1 Å². The zero-order valence-electron chi connectivity index (χ0n) is 24.1. The molecule has 4 aliphatic carbocycles. The predicted octanol–water partition coefficient (Wildman–Crippen LogP) is 7.81. The van der Waals surface area contributed by atoms with Crippen LogP contribution in [0.4, 0.5) is 0 Å². The van der Waals surface area contributed by atoms with Crippen LogP contribution in [0.2, 0.25) is 0 Å². The molecule has 0 aromatic heterocycles. The van der Waals surface area contributed by atoms with Gasteiger partial charge in [0, 0.05) is 32.1 Å². The van der Waals surface area contributed by atoms with Gasteiger partial charge in [-0.25, -0.2) is 0 Å². The number of hydrogen-bond donors (Lipinski definition) is 0. The Morgan fingerprint density at radius 3 is 2.33 bits per heavy atom. The molecule has 4 aliphatic rings. The van der Waals surface area contributed by atoms with Crippen LogP contribution >= 0.6 is 0 Å². The molecule has 0 bridgehead atoms. The van der Waals surface area contributed by atoms with E-state index in [9.17, 15) is 9.59 Å². The highest BCUT2D eigenvalue weighted by Gasteiger charge is 2.62. The molecule has 2 fully saturated rings. The molecule has 0 amide bonds. The van der Waals surface area contributed by atoms with Crippen LogP contribution in [-0.4, -0.2) is 23.6 Å². The summed E-state index contributed by atoms with van der Waals surface area (Å²) in [5.41, 5.74) is 2.38. The third-order valence-electron chi connectivity index (χ3n) is 11.2. The van der Waals surface area contributed by atoms with Gasteiger partial charge in [-0.3, -0.25) is 9.59 Å². The zero-order chi connectivity index (χ0) is 26.5. The number of fused-ring (bicyclic) bond motifs is 5. The van der Waals surface area contributed by atoms with Gasteiger partial charge in [0.25, 0.3) is 0 Å². The first-order chi connectivity index (χ1) is 16.8. The fourth-order valence-corrected chi connectivity index (χ4v) is 8.63. The van der Waals surface area contributed by atoms with E-state index in [2.05, 4.69) is 53.7 Å². The summed E-state index contributed by atoms with van der Waals surface area (Å²) in [5, 5.41) is 0. The third kappa shape index (κ3) is 4.60. The van der Waals surface area contributed by atoms with Gasteiger partial charge in [0.05, 0.1) is 0 Å². The van der Waals surface area contributed by atoms with E-state index < -0.39 is 5.60 Å². The molecule has 0 saturated heterocycles. The molecule has 0 spiro atoms. The van der Waals surface area contributed by atoms with Crippen molar-refractivity contribution in [1.29, 1.82) is 0 Å². The standard InChI is InChI=1S/C32H50O4/c1-20(2)21(3)9-10-22(4)27-11-12-28-26-14-18-32(36-24(6)34)19-25(35-23(5)33)13-17-31(32,8)29(26)15-16-30(27,28)7/h14-15,20-22,25,27-28H,9-13,16-19H2,1-8H3/t21-,22+,25+,27-,28-,30-,31+,32+/m0/s1. The molecule has 8 atom stereocenters. The van der Waals surface area contributed by atoms with Crippen molar-refractivity contribution in [3.05, 3.63) is 23.3 Å². The molecule has 4 nitrogen and oxygen atoms in total. The normalized spacial score (nSPS) is 39.2. The number of esters is 2. The highest BCUT2D eigenvalue weighted by atomic mass is 16.6.